The quantitative estimate of drug-likeness (QED) is 0.909. The van der Waals surface area contributed by atoms with E-state index >= 15 is 0 Å². The summed E-state index contributed by atoms with van der Waals surface area (Å²) in [6, 6.07) is 4.77. The van der Waals surface area contributed by atoms with E-state index in [9.17, 15) is 4.39 Å². The summed E-state index contributed by atoms with van der Waals surface area (Å²) in [5, 5.41) is 11.0. The highest BCUT2D eigenvalue weighted by molar-refractivity contribution is 6.30. The molecule has 0 spiro atoms. The average Bonchev–Trinajstić information content (AvgIpc) is 2.78. The lowest BCUT2D eigenvalue weighted by Gasteiger charge is -2.02. The van der Waals surface area contributed by atoms with Crippen molar-refractivity contribution in [2.45, 2.75) is 13.5 Å². The minimum absolute atomic E-state index is 0.0752. The van der Waals surface area contributed by atoms with Gasteiger partial charge < -0.3 is 5.32 Å². The van der Waals surface area contributed by atoms with E-state index < -0.39 is 5.82 Å². The molecule has 0 saturated heterocycles. The van der Waals surface area contributed by atoms with Gasteiger partial charge in [0, 0.05) is 6.54 Å². The lowest BCUT2D eigenvalue weighted by atomic mass is 10.3. The number of hydrogen-bond donors (Lipinski definition) is 1. The Labute approximate surface area is 103 Å². The zero-order chi connectivity index (χ0) is 12.3. The molecule has 0 fully saturated rings. The van der Waals surface area contributed by atoms with Crippen LogP contribution in [0.25, 0.3) is 5.69 Å². The molecule has 1 aromatic carbocycles. The summed E-state index contributed by atoms with van der Waals surface area (Å²) in [5.74, 6) is -0.492. The maximum Gasteiger partial charge on any atom is 0.167 e. The van der Waals surface area contributed by atoms with Crippen LogP contribution in [-0.2, 0) is 6.54 Å². The maximum atomic E-state index is 13.7. The van der Waals surface area contributed by atoms with E-state index in [1.54, 1.807) is 18.3 Å². The first-order chi connectivity index (χ1) is 8.22. The standard InChI is InChI=1S/C11H12ClFN4/c1-2-14-6-8-7-17(16-15-8)10-5-3-4-9(12)11(10)13/h3-5,7,14H,2,6H2,1H3. The largest absolute Gasteiger partial charge is 0.311 e. The van der Waals surface area contributed by atoms with Crippen LogP contribution >= 0.6 is 11.6 Å². The van der Waals surface area contributed by atoms with Crippen LogP contribution in [-0.4, -0.2) is 21.5 Å². The Kier molecular flexibility index (Phi) is 3.71. The number of aromatic nitrogens is 3. The minimum atomic E-state index is -0.492. The summed E-state index contributed by atoms with van der Waals surface area (Å²) >= 11 is 5.71. The lowest BCUT2D eigenvalue weighted by Crippen LogP contribution is -2.11. The molecule has 0 unspecified atom stereocenters. The van der Waals surface area contributed by atoms with Crippen molar-refractivity contribution in [3.63, 3.8) is 0 Å². The van der Waals surface area contributed by atoms with Crippen LogP contribution in [0.15, 0.2) is 24.4 Å². The molecule has 1 heterocycles. The van der Waals surface area contributed by atoms with E-state index in [1.165, 1.54) is 10.7 Å². The third-order valence-corrected chi connectivity index (χ3v) is 2.57. The minimum Gasteiger partial charge on any atom is -0.311 e. The van der Waals surface area contributed by atoms with Gasteiger partial charge in [-0.05, 0) is 18.7 Å². The van der Waals surface area contributed by atoms with Gasteiger partial charge in [0.2, 0.25) is 0 Å². The highest BCUT2D eigenvalue weighted by atomic mass is 35.5. The highest BCUT2D eigenvalue weighted by Gasteiger charge is 2.10. The monoisotopic (exact) mass is 254 g/mol. The lowest BCUT2D eigenvalue weighted by molar-refractivity contribution is 0.607. The van der Waals surface area contributed by atoms with Gasteiger partial charge >= 0.3 is 0 Å². The Bertz CT molecular complexity index is 512. The summed E-state index contributed by atoms with van der Waals surface area (Å²) in [6.45, 7) is 3.46. The summed E-state index contributed by atoms with van der Waals surface area (Å²) in [5.41, 5.74) is 1.05. The summed E-state index contributed by atoms with van der Waals surface area (Å²) in [6.07, 6.45) is 1.68. The van der Waals surface area contributed by atoms with E-state index in [-0.39, 0.29) is 5.02 Å². The Morgan fingerprint density at radius 3 is 3.06 bits per heavy atom. The summed E-state index contributed by atoms with van der Waals surface area (Å²) in [7, 11) is 0. The van der Waals surface area contributed by atoms with Crippen LogP contribution in [0.5, 0.6) is 0 Å². The molecule has 4 nitrogen and oxygen atoms in total. The zero-order valence-electron chi connectivity index (χ0n) is 9.32. The molecule has 0 saturated carbocycles. The van der Waals surface area contributed by atoms with Crippen LogP contribution in [0.1, 0.15) is 12.6 Å². The average molecular weight is 255 g/mol. The number of benzene rings is 1. The molecule has 1 aromatic heterocycles. The Balaban J connectivity index is 2.27. The molecule has 0 atom stereocenters. The molecule has 0 radical (unpaired) electrons. The SMILES string of the molecule is CCNCc1cn(-c2cccc(Cl)c2F)nn1. The molecule has 2 rings (SSSR count). The second-order valence-corrected chi connectivity index (χ2v) is 3.91. The van der Waals surface area contributed by atoms with Crippen molar-refractivity contribution in [2.24, 2.45) is 0 Å². The van der Waals surface area contributed by atoms with Gasteiger partial charge in [0.25, 0.3) is 0 Å². The zero-order valence-corrected chi connectivity index (χ0v) is 10.1. The van der Waals surface area contributed by atoms with Gasteiger partial charge in [-0.2, -0.15) is 0 Å². The Hall–Kier alpha value is -1.46. The van der Waals surface area contributed by atoms with Crippen molar-refractivity contribution < 1.29 is 4.39 Å². The Morgan fingerprint density at radius 1 is 1.47 bits per heavy atom. The number of hydrogen-bond acceptors (Lipinski definition) is 3. The molecular weight excluding hydrogens is 243 g/mol. The first kappa shape index (κ1) is 12.0. The van der Waals surface area contributed by atoms with Crippen LogP contribution in [0.3, 0.4) is 0 Å². The fourth-order valence-electron chi connectivity index (χ4n) is 1.42. The van der Waals surface area contributed by atoms with E-state index in [1.807, 2.05) is 6.92 Å². The second-order valence-electron chi connectivity index (χ2n) is 3.51. The summed E-state index contributed by atoms with van der Waals surface area (Å²) in [4.78, 5) is 0. The van der Waals surface area contributed by atoms with Crippen LogP contribution in [0.2, 0.25) is 5.02 Å². The first-order valence-electron chi connectivity index (χ1n) is 5.28. The van der Waals surface area contributed by atoms with Crippen molar-refractivity contribution in [3.05, 3.63) is 40.9 Å². The van der Waals surface area contributed by atoms with Gasteiger partial charge in [-0.3, -0.25) is 0 Å². The highest BCUT2D eigenvalue weighted by Crippen LogP contribution is 2.20. The van der Waals surface area contributed by atoms with E-state index in [2.05, 4.69) is 15.6 Å². The number of rotatable bonds is 4. The third kappa shape index (κ3) is 2.62. The second kappa shape index (κ2) is 5.25. The molecule has 2 aromatic rings. The van der Waals surface area contributed by atoms with Gasteiger partial charge in [-0.25, -0.2) is 9.07 Å². The van der Waals surface area contributed by atoms with Gasteiger partial charge in [0.1, 0.15) is 5.69 Å². The predicted molar refractivity (Wildman–Crippen MR) is 63.7 cm³/mol. The third-order valence-electron chi connectivity index (χ3n) is 2.27. The molecule has 90 valence electrons. The van der Waals surface area contributed by atoms with Gasteiger partial charge in [0.15, 0.2) is 5.82 Å². The van der Waals surface area contributed by atoms with Crippen LogP contribution in [0, 0.1) is 5.82 Å². The number of halogens is 2. The smallest absolute Gasteiger partial charge is 0.167 e. The van der Waals surface area contributed by atoms with Gasteiger partial charge in [-0.1, -0.05) is 29.8 Å². The van der Waals surface area contributed by atoms with E-state index in [0.29, 0.717) is 12.2 Å². The molecule has 0 amide bonds. The topological polar surface area (TPSA) is 42.7 Å². The normalized spacial score (nSPS) is 10.8. The molecule has 17 heavy (non-hydrogen) atoms. The van der Waals surface area contributed by atoms with Gasteiger partial charge in [-0.15, -0.1) is 5.10 Å². The predicted octanol–water partition coefficient (Wildman–Crippen LogP) is 2.17. The molecular formula is C11H12ClFN4. The molecule has 6 heteroatoms. The number of nitrogens with zero attached hydrogens (tertiary/aromatic N) is 3. The van der Waals surface area contributed by atoms with Crippen molar-refractivity contribution in [3.8, 4) is 5.69 Å². The maximum absolute atomic E-state index is 13.7. The van der Waals surface area contributed by atoms with Crippen molar-refractivity contribution >= 4 is 11.6 Å². The van der Waals surface area contributed by atoms with Crippen molar-refractivity contribution in [1.29, 1.82) is 0 Å². The van der Waals surface area contributed by atoms with Gasteiger partial charge in [0.05, 0.1) is 16.9 Å². The fraction of sp³-hybridized carbons (Fsp3) is 0.273. The molecule has 0 aliphatic carbocycles. The Morgan fingerprint density at radius 2 is 2.29 bits per heavy atom. The molecule has 1 N–H and O–H groups in total. The number of nitrogens with one attached hydrogen (secondary N) is 1. The first-order valence-corrected chi connectivity index (χ1v) is 5.66. The van der Waals surface area contributed by atoms with Crippen molar-refractivity contribution in [2.75, 3.05) is 6.54 Å². The van der Waals surface area contributed by atoms with E-state index in [4.69, 9.17) is 11.6 Å². The van der Waals surface area contributed by atoms with Crippen LogP contribution in [0.4, 0.5) is 4.39 Å². The van der Waals surface area contributed by atoms with Crippen molar-refractivity contribution in [1.82, 2.24) is 20.3 Å². The fourth-order valence-corrected chi connectivity index (χ4v) is 1.59. The summed E-state index contributed by atoms with van der Waals surface area (Å²) < 4.78 is 15.1. The van der Waals surface area contributed by atoms with Crippen LogP contribution < -0.4 is 5.32 Å². The molecule has 0 bridgehead atoms. The van der Waals surface area contributed by atoms with E-state index in [0.717, 1.165) is 12.2 Å². The molecule has 0 aliphatic heterocycles. The molecule has 0 aliphatic rings.